The summed E-state index contributed by atoms with van der Waals surface area (Å²) in [6.45, 7) is 3.28. The van der Waals surface area contributed by atoms with Crippen LogP contribution in [0.1, 0.15) is 34.1 Å². The summed E-state index contributed by atoms with van der Waals surface area (Å²) in [6.07, 6.45) is 1.82. The molecule has 8 heteroatoms. The summed E-state index contributed by atoms with van der Waals surface area (Å²) < 4.78 is 16.3. The fourth-order valence-electron chi connectivity index (χ4n) is 4.37. The number of fused-ring (bicyclic) bond motifs is 1. The maximum atomic E-state index is 12.9. The Kier molecular flexibility index (Phi) is 8.17. The van der Waals surface area contributed by atoms with E-state index in [1.54, 1.807) is 36.3 Å². The maximum absolute atomic E-state index is 12.9. The number of benzene rings is 2. The van der Waals surface area contributed by atoms with E-state index in [1.807, 2.05) is 43.5 Å². The van der Waals surface area contributed by atoms with Crippen LogP contribution in [0, 0.1) is 6.92 Å². The summed E-state index contributed by atoms with van der Waals surface area (Å²) in [5.74, 6) is 1.05. The summed E-state index contributed by atoms with van der Waals surface area (Å²) in [7, 11) is 3.13. The average molecular weight is 490 g/mol. The second-order valence-corrected chi connectivity index (χ2v) is 8.60. The third-order valence-corrected chi connectivity index (χ3v) is 6.39. The van der Waals surface area contributed by atoms with E-state index in [0.29, 0.717) is 31.8 Å². The van der Waals surface area contributed by atoms with Crippen LogP contribution in [0.2, 0.25) is 0 Å². The summed E-state index contributed by atoms with van der Waals surface area (Å²) in [5, 5.41) is 3.01. The van der Waals surface area contributed by atoms with Crippen molar-refractivity contribution in [2.24, 2.45) is 0 Å². The molecule has 2 amide bonds. The Morgan fingerprint density at radius 3 is 2.47 bits per heavy atom. The van der Waals surface area contributed by atoms with Gasteiger partial charge in [0.1, 0.15) is 11.5 Å². The number of carbonyl (C=O) groups is 2. The SMILES string of the molecule is COc1ccc(OCC(=O)N2CCc3c(cnc(C)c3CNC(=O)[C@@H](OC)c3ccccc3)C2)cc1. The molecule has 1 atom stereocenters. The number of methoxy groups -OCH3 is 2. The number of pyridine rings is 1. The van der Waals surface area contributed by atoms with Gasteiger partial charge < -0.3 is 24.4 Å². The van der Waals surface area contributed by atoms with Crippen molar-refractivity contribution in [3.8, 4) is 11.5 Å². The van der Waals surface area contributed by atoms with Crippen molar-refractivity contribution in [3.05, 3.63) is 88.7 Å². The molecule has 0 unspecified atom stereocenters. The topological polar surface area (TPSA) is 90.0 Å². The molecule has 0 saturated carbocycles. The number of hydrogen-bond acceptors (Lipinski definition) is 6. The van der Waals surface area contributed by atoms with Gasteiger partial charge in [0.25, 0.3) is 11.8 Å². The van der Waals surface area contributed by atoms with Gasteiger partial charge in [-0.15, -0.1) is 0 Å². The fourth-order valence-corrected chi connectivity index (χ4v) is 4.37. The zero-order valence-electron chi connectivity index (χ0n) is 20.8. The second kappa shape index (κ2) is 11.7. The van der Waals surface area contributed by atoms with Crippen molar-refractivity contribution in [2.45, 2.75) is 32.5 Å². The number of ether oxygens (including phenoxy) is 3. The van der Waals surface area contributed by atoms with E-state index in [4.69, 9.17) is 14.2 Å². The van der Waals surface area contributed by atoms with E-state index in [-0.39, 0.29) is 18.4 Å². The quantitative estimate of drug-likeness (QED) is 0.496. The standard InChI is InChI=1S/C28H31N3O5/c1-19-25(16-30-28(33)27(35-3)20-7-5-4-6-8-20)24-13-14-31(17-21(24)15-29-19)26(32)18-36-23-11-9-22(34-2)10-12-23/h4-12,15,27H,13-14,16-18H2,1-3H3,(H,30,33)/t27-/m0/s1. The lowest BCUT2D eigenvalue weighted by Crippen LogP contribution is -2.39. The van der Waals surface area contributed by atoms with E-state index in [2.05, 4.69) is 10.3 Å². The molecule has 0 radical (unpaired) electrons. The van der Waals surface area contributed by atoms with Crippen LogP contribution >= 0.6 is 0 Å². The van der Waals surface area contributed by atoms with Crippen molar-refractivity contribution >= 4 is 11.8 Å². The number of nitrogens with one attached hydrogen (secondary N) is 1. The Labute approximate surface area is 211 Å². The van der Waals surface area contributed by atoms with Crippen molar-refractivity contribution in [3.63, 3.8) is 0 Å². The highest BCUT2D eigenvalue weighted by Gasteiger charge is 2.25. The lowest BCUT2D eigenvalue weighted by molar-refractivity contribution is -0.134. The molecule has 8 nitrogen and oxygen atoms in total. The van der Waals surface area contributed by atoms with Crippen LogP contribution in [0.15, 0.2) is 60.8 Å². The normalized spacial score (nSPS) is 13.5. The van der Waals surface area contributed by atoms with Crippen LogP contribution in [0.3, 0.4) is 0 Å². The average Bonchev–Trinajstić information content (AvgIpc) is 2.92. The first kappa shape index (κ1) is 25.2. The van der Waals surface area contributed by atoms with E-state index in [0.717, 1.165) is 33.7 Å². The molecule has 2 heterocycles. The minimum absolute atomic E-state index is 0.0399. The van der Waals surface area contributed by atoms with Crippen LogP contribution < -0.4 is 14.8 Å². The monoisotopic (exact) mass is 489 g/mol. The molecule has 188 valence electrons. The minimum Gasteiger partial charge on any atom is -0.497 e. The van der Waals surface area contributed by atoms with Crippen LogP contribution in [0.25, 0.3) is 0 Å². The predicted octanol–water partition coefficient (Wildman–Crippen LogP) is 3.37. The van der Waals surface area contributed by atoms with Crippen molar-refractivity contribution in [1.82, 2.24) is 15.2 Å². The summed E-state index contributed by atoms with van der Waals surface area (Å²) in [6, 6.07) is 16.5. The van der Waals surface area contributed by atoms with Gasteiger partial charge in [0.15, 0.2) is 12.7 Å². The van der Waals surface area contributed by atoms with Crippen molar-refractivity contribution < 1.29 is 23.8 Å². The van der Waals surface area contributed by atoms with Gasteiger partial charge in [0.2, 0.25) is 0 Å². The number of rotatable bonds is 9. The maximum Gasteiger partial charge on any atom is 0.260 e. The van der Waals surface area contributed by atoms with E-state index >= 15 is 0 Å². The highest BCUT2D eigenvalue weighted by Crippen LogP contribution is 2.25. The van der Waals surface area contributed by atoms with Crippen LogP contribution in [0.5, 0.6) is 11.5 Å². The lowest BCUT2D eigenvalue weighted by atomic mass is 9.94. The molecule has 1 aromatic heterocycles. The number of carbonyl (C=O) groups excluding carboxylic acids is 2. The van der Waals surface area contributed by atoms with E-state index in [9.17, 15) is 9.59 Å². The molecule has 3 aromatic rings. The Morgan fingerprint density at radius 1 is 1.06 bits per heavy atom. The smallest absolute Gasteiger partial charge is 0.260 e. The van der Waals surface area contributed by atoms with E-state index in [1.165, 1.54) is 7.11 Å². The second-order valence-electron chi connectivity index (χ2n) is 8.60. The van der Waals surface area contributed by atoms with Crippen LogP contribution in [-0.2, 0) is 33.8 Å². The highest BCUT2D eigenvalue weighted by molar-refractivity contribution is 5.82. The summed E-state index contributed by atoms with van der Waals surface area (Å²) in [4.78, 5) is 32.0. The number of nitrogens with zero attached hydrogens (tertiary/aromatic N) is 2. The van der Waals surface area contributed by atoms with Gasteiger partial charge in [-0.05, 0) is 59.9 Å². The van der Waals surface area contributed by atoms with Gasteiger partial charge >= 0.3 is 0 Å². The lowest BCUT2D eigenvalue weighted by Gasteiger charge is -2.30. The van der Waals surface area contributed by atoms with Crippen LogP contribution in [0.4, 0.5) is 0 Å². The Hall–Kier alpha value is -3.91. The highest BCUT2D eigenvalue weighted by atomic mass is 16.5. The molecule has 1 aliphatic heterocycles. The van der Waals surface area contributed by atoms with Crippen molar-refractivity contribution in [1.29, 1.82) is 0 Å². The third kappa shape index (κ3) is 5.83. The molecule has 36 heavy (non-hydrogen) atoms. The molecule has 2 aromatic carbocycles. The first-order chi connectivity index (χ1) is 17.5. The van der Waals surface area contributed by atoms with Gasteiger partial charge in [0, 0.05) is 38.6 Å². The Balaban J connectivity index is 1.38. The molecule has 1 aliphatic rings. The summed E-state index contributed by atoms with van der Waals surface area (Å²) in [5.41, 5.74) is 4.78. The number of hydrogen-bond donors (Lipinski definition) is 1. The molecule has 1 N–H and O–H groups in total. The molecular weight excluding hydrogens is 458 g/mol. The zero-order valence-corrected chi connectivity index (χ0v) is 20.8. The van der Waals surface area contributed by atoms with E-state index < -0.39 is 6.10 Å². The van der Waals surface area contributed by atoms with Gasteiger partial charge in [-0.2, -0.15) is 0 Å². The molecule has 0 aliphatic carbocycles. The Morgan fingerprint density at radius 2 is 1.78 bits per heavy atom. The van der Waals surface area contributed by atoms with Crippen LogP contribution in [-0.4, -0.2) is 49.1 Å². The van der Waals surface area contributed by atoms with Gasteiger partial charge in [0.05, 0.1) is 7.11 Å². The largest absolute Gasteiger partial charge is 0.497 e. The molecule has 4 rings (SSSR count). The number of aromatic nitrogens is 1. The molecule has 0 bridgehead atoms. The third-order valence-electron chi connectivity index (χ3n) is 6.39. The molecular formula is C28H31N3O5. The van der Waals surface area contributed by atoms with Gasteiger partial charge in [-0.3, -0.25) is 14.6 Å². The first-order valence-electron chi connectivity index (χ1n) is 11.9. The van der Waals surface area contributed by atoms with Gasteiger partial charge in [-0.1, -0.05) is 30.3 Å². The molecule has 0 saturated heterocycles. The molecule has 0 fully saturated rings. The fraction of sp³-hybridized carbons (Fsp3) is 0.321. The van der Waals surface area contributed by atoms with Gasteiger partial charge in [-0.25, -0.2) is 0 Å². The summed E-state index contributed by atoms with van der Waals surface area (Å²) >= 11 is 0. The molecule has 0 spiro atoms. The zero-order chi connectivity index (χ0) is 25.5. The number of amides is 2. The minimum atomic E-state index is -0.683. The Bertz CT molecular complexity index is 1200. The predicted molar refractivity (Wildman–Crippen MR) is 135 cm³/mol. The first-order valence-corrected chi connectivity index (χ1v) is 11.9. The van der Waals surface area contributed by atoms with Crippen molar-refractivity contribution in [2.75, 3.05) is 27.4 Å². The number of aryl methyl sites for hydroxylation is 1.